The van der Waals surface area contributed by atoms with Crippen LogP contribution in [0.15, 0.2) is 60.8 Å². The minimum Gasteiger partial charge on any atom is -0.286 e. The van der Waals surface area contributed by atoms with Gasteiger partial charge in [0.1, 0.15) is 0 Å². The number of unbranched alkanes of at least 4 members (excludes halogenated alkanes) is 8. The van der Waals surface area contributed by atoms with E-state index in [4.69, 9.17) is 0 Å². The summed E-state index contributed by atoms with van der Waals surface area (Å²) >= 11 is 0. The SMILES string of the molecule is CCCCCCCCCC/C=C/C=C/C=C/C=C/C=C/[C]=O. The zero-order valence-corrected chi connectivity index (χ0v) is 14.0. The van der Waals surface area contributed by atoms with Crippen LogP contribution in [-0.2, 0) is 4.79 Å². The van der Waals surface area contributed by atoms with Gasteiger partial charge in [0.25, 0.3) is 0 Å². The van der Waals surface area contributed by atoms with Crippen LogP contribution < -0.4 is 0 Å². The summed E-state index contributed by atoms with van der Waals surface area (Å²) in [6.45, 7) is 2.26. The smallest absolute Gasteiger partial charge is 0.225 e. The molecule has 0 unspecified atom stereocenters. The van der Waals surface area contributed by atoms with E-state index in [1.165, 1.54) is 63.9 Å². The molecule has 1 radical (unpaired) electrons. The fourth-order valence-electron chi connectivity index (χ4n) is 2.05. The Hall–Kier alpha value is -1.63. The molecule has 0 N–H and O–H groups in total. The molecule has 22 heavy (non-hydrogen) atoms. The molecule has 1 heteroatoms. The zero-order valence-electron chi connectivity index (χ0n) is 14.0. The van der Waals surface area contributed by atoms with Crippen molar-refractivity contribution in [3.8, 4) is 0 Å². The Kier molecular flexibility index (Phi) is 17.9. The second kappa shape index (κ2) is 19.4. The van der Waals surface area contributed by atoms with Crippen molar-refractivity contribution in [2.24, 2.45) is 0 Å². The normalized spacial score (nSPS) is 12.8. The standard InChI is InChI=1S/C21H31O/c1-2-3-4-5-6-7-8-9-10-11-12-13-14-15-16-17-18-19-20-21-22/h11-20H,2-10H2,1H3/b12-11+,14-13+,16-15+,18-17+,20-19+. The minimum absolute atomic E-state index is 1.18. The fraction of sp³-hybridized carbons (Fsp3) is 0.476. The van der Waals surface area contributed by atoms with Crippen LogP contribution in [0.1, 0.15) is 64.7 Å². The lowest BCUT2D eigenvalue weighted by atomic mass is 10.1. The van der Waals surface area contributed by atoms with Crippen LogP contribution >= 0.6 is 0 Å². The van der Waals surface area contributed by atoms with Crippen molar-refractivity contribution < 1.29 is 4.79 Å². The summed E-state index contributed by atoms with van der Waals surface area (Å²) in [5, 5.41) is 0. The van der Waals surface area contributed by atoms with Gasteiger partial charge >= 0.3 is 0 Å². The van der Waals surface area contributed by atoms with Crippen LogP contribution in [0, 0.1) is 0 Å². The van der Waals surface area contributed by atoms with Crippen LogP contribution in [0.25, 0.3) is 0 Å². The Balaban J connectivity index is 3.41. The van der Waals surface area contributed by atoms with Gasteiger partial charge in [0.2, 0.25) is 6.29 Å². The molecular formula is C21H31O. The van der Waals surface area contributed by atoms with Gasteiger partial charge in [-0.3, -0.25) is 4.79 Å². The van der Waals surface area contributed by atoms with Gasteiger partial charge in [0, 0.05) is 0 Å². The number of hydrogen-bond donors (Lipinski definition) is 0. The van der Waals surface area contributed by atoms with E-state index >= 15 is 0 Å². The first-order valence-corrected chi connectivity index (χ1v) is 8.61. The summed E-state index contributed by atoms with van der Waals surface area (Å²) < 4.78 is 0. The molecule has 121 valence electrons. The average Bonchev–Trinajstić information content (AvgIpc) is 2.54. The Bertz CT molecular complexity index is 369. The summed E-state index contributed by atoms with van der Waals surface area (Å²) in [7, 11) is 0. The molecule has 1 nitrogen and oxygen atoms in total. The van der Waals surface area contributed by atoms with Crippen LogP contribution in [0.4, 0.5) is 0 Å². The number of allylic oxidation sites excluding steroid dienone is 10. The highest BCUT2D eigenvalue weighted by atomic mass is 16.1. The maximum atomic E-state index is 9.89. The summed E-state index contributed by atoms with van der Waals surface area (Å²) in [4.78, 5) is 9.89. The van der Waals surface area contributed by atoms with E-state index in [1.807, 2.05) is 30.4 Å². The van der Waals surface area contributed by atoms with E-state index in [2.05, 4.69) is 19.1 Å². The predicted octanol–water partition coefficient (Wildman–Crippen LogP) is 6.41. The molecule has 0 aromatic carbocycles. The Morgan fingerprint density at radius 3 is 1.73 bits per heavy atom. The third kappa shape index (κ3) is 18.4. The van der Waals surface area contributed by atoms with E-state index in [1.54, 1.807) is 18.4 Å². The fourth-order valence-corrected chi connectivity index (χ4v) is 2.05. The van der Waals surface area contributed by atoms with Crippen LogP contribution in [-0.4, -0.2) is 6.29 Å². The Morgan fingerprint density at radius 1 is 0.636 bits per heavy atom. The van der Waals surface area contributed by atoms with Gasteiger partial charge in [-0.05, 0) is 18.9 Å². The average molecular weight is 299 g/mol. The molecule has 0 aliphatic carbocycles. The second-order valence-corrected chi connectivity index (χ2v) is 5.32. The molecule has 0 aliphatic heterocycles. The van der Waals surface area contributed by atoms with Crippen molar-refractivity contribution in [1.29, 1.82) is 0 Å². The highest BCUT2D eigenvalue weighted by molar-refractivity contribution is 5.66. The van der Waals surface area contributed by atoms with Crippen molar-refractivity contribution in [2.45, 2.75) is 64.7 Å². The highest BCUT2D eigenvalue weighted by Crippen LogP contribution is 2.09. The first-order chi connectivity index (χ1) is 10.9. The van der Waals surface area contributed by atoms with Gasteiger partial charge in [0.15, 0.2) is 0 Å². The van der Waals surface area contributed by atoms with Crippen LogP contribution in [0.3, 0.4) is 0 Å². The molecule has 0 amide bonds. The first kappa shape index (κ1) is 20.4. The molecule has 0 bridgehead atoms. The Labute approximate surface area is 137 Å². The maximum Gasteiger partial charge on any atom is 0.225 e. The van der Waals surface area contributed by atoms with Crippen molar-refractivity contribution >= 4 is 6.29 Å². The molecule has 0 aromatic rings. The highest BCUT2D eigenvalue weighted by Gasteiger charge is 1.89. The lowest BCUT2D eigenvalue weighted by molar-refractivity contribution is 0.564. The molecule has 0 saturated heterocycles. The van der Waals surface area contributed by atoms with E-state index in [-0.39, 0.29) is 0 Å². The lowest BCUT2D eigenvalue weighted by Crippen LogP contribution is -1.79. The van der Waals surface area contributed by atoms with Gasteiger partial charge in [-0.25, -0.2) is 0 Å². The minimum atomic E-state index is 1.18. The van der Waals surface area contributed by atoms with Gasteiger partial charge in [-0.15, -0.1) is 0 Å². The van der Waals surface area contributed by atoms with Crippen LogP contribution in [0.5, 0.6) is 0 Å². The van der Waals surface area contributed by atoms with Crippen LogP contribution in [0.2, 0.25) is 0 Å². The molecule has 0 spiro atoms. The zero-order chi connectivity index (χ0) is 16.1. The van der Waals surface area contributed by atoms with Crippen molar-refractivity contribution in [3.63, 3.8) is 0 Å². The molecule has 0 atom stereocenters. The lowest BCUT2D eigenvalue weighted by Gasteiger charge is -1.99. The number of rotatable bonds is 14. The predicted molar refractivity (Wildman–Crippen MR) is 98.6 cm³/mol. The third-order valence-corrected chi connectivity index (χ3v) is 3.30. The topological polar surface area (TPSA) is 17.1 Å². The third-order valence-electron chi connectivity index (χ3n) is 3.30. The Morgan fingerprint density at radius 2 is 1.14 bits per heavy atom. The molecular weight excluding hydrogens is 268 g/mol. The van der Waals surface area contributed by atoms with Crippen molar-refractivity contribution in [2.75, 3.05) is 0 Å². The van der Waals surface area contributed by atoms with Gasteiger partial charge in [0.05, 0.1) is 0 Å². The monoisotopic (exact) mass is 299 g/mol. The maximum absolute atomic E-state index is 9.89. The molecule has 0 fully saturated rings. The molecule has 0 heterocycles. The first-order valence-electron chi connectivity index (χ1n) is 8.61. The van der Waals surface area contributed by atoms with Crippen molar-refractivity contribution in [3.05, 3.63) is 60.8 Å². The molecule has 0 rings (SSSR count). The quantitative estimate of drug-likeness (QED) is 0.206. The van der Waals surface area contributed by atoms with Crippen molar-refractivity contribution in [1.82, 2.24) is 0 Å². The largest absolute Gasteiger partial charge is 0.286 e. The number of carbonyl (C=O) groups excluding carboxylic acids is 1. The summed E-state index contributed by atoms with van der Waals surface area (Å²) in [5.74, 6) is 0. The summed E-state index contributed by atoms with van der Waals surface area (Å²) in [6.07, 6.45) is 32.8. The molecule has 0 saturated carbocycles. The van der Waals surface area contributed by atoms with E-state index < -0.39 is 0 Å². The van der Waals surface area contributed by atoms with Gasteiger partial charge in [-0.2, -0.15) is 0 Å². The summed E-state index contributed by atoms with van der Waals surface area (Å²) in [5.41, 5.74) is 0. The van der Waals surface area contributed by atoms with E-state index in [0.29, 0.717) is 0 Å². The molecule has 0 aromatic heterocycles. The second-order valence-electron chi connectivity index (χ2n) is 5.32. The number of hydrogen-bond acceptors (Lipinski definition) is 1. The van der Waals surface area contributed by atoms with E-state index in [9.17, 15) is 4.79 Å². The molecule has 0 aliphatic rings. The summed E-state index contributed by atoms with van der Waals surface area (Å²) in [6, 6.07) is 0. The van der Waals surface area contributed by atoms with Gasteiger partial charge < -0.3 is 0 Å². The van der Waals surface area contributed by atoms with Gasteiger partial charge in [-0.1, -0.05) is 107 Å². The van der Waals surface area contributed by atoms with E-state index in [0.717, 1.165) is 0 Å².